The Morgan fingerprint density at radius 1 is 1.33 bits per heavy atom. The van der Waals surface area contributed by atoms with Gasteiger partial charge in [0.2, 0.25) is 0 Å². The summed E-state index contributed by atoms with van der Waals surface area (Å²) in [7, 11) is 0. The predicted molar refractivity (Wildman–Crippen MR) is 80.3 cm³/mol. The fraction of sp³-hybridized carbons (Fsp3) is 0.250. The Kier molecular flexibility index (Phi) is 5.02. The van der Waals surface area contributed by atoms with Crippen LogP contribution in [-0.2, 0) is 17.6 Å². The number of aryl methyl sites for hydroxylation is 1. The summed E-state index contributed by atoms with van der Waals surface area (Å²) in [6.45, 7) is 2.05. The number of rotatable bonds is 5. The van der Waals surface area contributed by atoms with Gasteiger partial charge in [0, 0.05) is 16.8 Å². The van der Waals surface area contributed by atoms with Gasteiger partial charge in [0.1, 0.15) is 11.8 Å². The molecular formula is C16H15ClN2O2. The monoisotopic (exact) mass is 302 g/mol. The number of aromatic amines is 1. The molecule has 21 heavy (non-hydrogen) atoms. The van der Waals surface area contributed by atoms with Crippen LogP contribution >= 0.6 is 11.6 Å². The van der Waals surface area contributed by atoms with Crippen LogP contribution in [0.5, 0.6) is 0 Å². The molecule has 2 rings (SSSR count). The Bertz CT molecular complexity index is 669. The number of esters is 1. The Labute approximate surface area is 128 Å². The van der Waals surface area contributed by atoms with E-state index in [9.17, 15) is 4.79 Å². The van der Waals surface area contributed by atoms with Crippen molar-refractivity contribution in [1.82, 2.24) is 4.98 Å². The molecule has 0 bridgehead atoms. The number of ether oxygens (including phenoxy) is 1. The first-order valence-electron chi connectivity index (χ1n) is 6.67. The standard InChI is InChI=1S/C16H15ClN2O2/c1-2-21-16(20)15-14(12(9-18)10-19-15)8-5-11-3-6-13(17)7-4-11/h3-4,6-7,10,19H,2,5,8H2,1H3. The van der Waals surface area contributed by atoms with Crippen LogP contribution < -0.4 is 0 Å². The number of carbonyl (C=O) groups excluding carboxylic acids is 1. The van der Waals surface area contributed by atoms with Gasteiger partial charge in [-0.2, -0.15) is 5.26 Å². The minimum absolute atomic E-state index is 0.302. The summed E-state index contributed by atoms with van der Waals surface area (Å²) in [5.74, 6) is -0.426. The van der Waals surface area contributed by atoms with Gasteiger partial charge in [-0.05, 0) is 37.5 Å². The Balaban J connectivity index is 2.18. The number of benzene rings is 1. The van der Waals surface area contributed by atoms with Crippen molar-refractivity contribution in [1.29, 1.82) is 5.26 Å². The SMILES string of the molecule is CCOC(=O)c1[nH]cc(C#N)c1CCc1ccc(Cl)cc1. The zero-order valence-corrected chi connectivity index (χ0v) is 12.4. The lowest BCUT2D eigenvalue weighted by atomic mass is 10.0. The van der Waals surface area contributed by atoms with Gasteiger partial charge in [0.05, 0.1) is 12.2 Å². The molecule has 0 spiro atoms. The molecule has 0 unspecified atom stereocenters. The molecule has 5 heteroatoms. The Hall–Kier alpha value is -2.25. The first-order chi connectivity index (χ1) is 10.2. The fourth-order valence-corrected chi connectivity index (χ4v) is 2.24. The first kappa shape index (κ1) is 15.1. The molecule has 1 heterocycles. The van der Waals surface area contributed by atoms with Crippen LogP contribution in [-0.4, -0.2) is 17.6 Å². The third-order valence-corrected chi connectivity index (χ3v) is 3.42. The minimum atomic E-state index is -0.426. The van der Waals surface area contributed by atoms with Crippen LogP contribution in [0.25, 0.3) is 0 Å². The Morgan fingerprint density at radius 2 is 2.05 bits per heavy atom. The van der Waals surface area contributed by atoms with E-state index in [0.717, 1.165) is 12.0 Å². The zero-order valence-electron chi connectivity index (χ0n) is 11.6. The van der Waals surface area contributed by atoms with Gasteiger partial charge >= 0.3 is 5.97 Å². The van der Waals surface area contributed by atoms with Crippen molar-refractivity contribution in [3.05, 3.63) is 57.9 Å². The van der Waals surface area contributed by atoms with Crippen molar-refractivity contribution in [2.45, 2.75) is 19.8 Å². The zero-order chi connectivity index (χ0) is 15.2. The molecule has 0 aliphatic carbocycles. The van der Waals surface area contributed by atoms with E-state index in [2.05, 4.69) is 11.1 Å². The van der Waals surface area contributed by atoms with Crippen molar-refractivity contribution in [2.75, 3.05) is 6.61 Å². The van der Waals surface area contributed by atoms with Gasteiger partial charge < -0.3 is 9.72 Å². The molecule has 0 aliphatic rings. The second-order valence-electron chi connectivity index (χ2n) is 4.51. The quantitative estimate of drug-likeness (QED) is 0.860. The van der Waals surface area contributed by atoms with Crippen LogP contribution in [0.1, 0.15) is 34.1 Å². The van der Waals surface area contributed by atoms with E-state index < -0.39 is 5.97 Å². The molecule has 1 aromatic carbocycles. The smallest absolute Gasteiger partial charge is 0.355 e. The second kappa shape index (κ2) is 6.96. The third kappa shape index (κ3) is 3.65. The second-order valence-corrected chi connectivity index (χ2v) is 4.95. The van der Waals surface area contributed by atoms with E-state index in [1.54, 1.807) is 13.1 Å². The van der Waals surface area contributed by atoms with E-state index in [1.807, 2.05) is 24.3 Å². The van der Waals surface area contributed by atoms with Gasteiger partial charge in [-0.1, -0.05) is 23.7 Å². The average Bonchev–Trinajstić information content (AvgIpc) is 2.90. The number of carbonyl (C=O) groups is 1. The molecule has 0 saturated heterocycles. The summed E-state index contributed by atoms with van der Waals surface area (Å²) in [6.07, 6.45) is 2.85. The number of hydrogen-bond donors (Lipinski definition) is 1. The molecule has 0 amide bonds. The molecule has 1 aromatic heterocycles. The van der Waals surface area contributed by atoms with Crippen molar-refractivity contribution in [3.8, 4) is 6.07 Å². The predicted octanol–water partition coefficient (Wildman–Crippen LogP) is 3.50. The van der Waals surface area contributed by atoms with Crippen LogP contribution in [0.4, 0.5) is 0 Å². The number of H-pyrrole nitrogens is 1. The summed E-state index contributed by atoms with van der Waals surface area (Å²) < 4.78 is 5.00. The highest BCUT2D eigenvalue weighted by Crippen LogP contribution is 2.18. The maximum Gasteiger partial charge on any atom is 0.355 e. The van der Waals surface area contributed by atoms with Crippen LogP contribution in [0.2, 0.25) is 5.02 Å². The Morgan fingerprint density at radius 3 is 2.67 bits per heavy atom. The maximum atomic E-state index is 11.9. The van der Waals surface area contributed by atoms with Crippen molar-refractivity contribution >= 4 is 17.6 Å². The summed E-state index contributed by atoms with van der Waals surface area (Å²) in [5.41, 5.74) is 2.64. The summed E-state index contributed by atoms with van der Waals surface area (Å²) in [5, 5.41) is 9.82. The average molecular weight is 303 g/mol. The van der Waals surface area contributed by atoms with Gasteiger partial charge in [-0.15, -0.1) is 0 Å². The molecule has 0 aliphatic heterocycles. The number of nitrogens with zero attached hydrogens (tertiary/aromatic N) is 1. The van der Waals surface area contributed by atoms with Gasteiger partial charge in [-0.3, -0.25) is 0 Å². The van der Waals surface area contributed by atoms with Gasteiger partial charge in [0.25, 0.3) is 0 Å². The molecule has 0 atom stereocenters. The topological polar surface area (TPSA) is 65.9 Å². The number of aromatic nitrogens is 1. The minimum Gasteiger partial charge on any atom is -0.461 e. The van der Waals surface area contributed by atoms with Crippen LogP contribution in [0, 0.1) is 11.3 Å². The highest BCUT2D eigenvalue weighted by atomic mass is 35.5. The summed E-state index contributed by atoms with van der Waals surface area (Å²) >= 11 is 5.85. The molecule has 0 radical (unpaired) electrons. The van der Waals surface area contributed by atoms with Crippen molar-refractivity contribution in [3.63, 3.8) is 0 Å². The lowest BCUT2D eigenvalue weighted by Crippen LogP contribution is -2.09. The summed E-state index contributed by atoms with van der Waals surface area (Å²) in [4.78, 5) is 14.7. The van der Waals surface area contributed by atoms with Crippen LogP contribution in [0.15, 0.2) is 30.5 Å². The number of nitriles is 1. The van der Waals surface area contributed by atoms with Gasteiger partial charge in [-0.25, -0.2) is 4.79 Å². The fourth-order valence-electron chi connectivity index (χ4n) is 2.12. The van der Waals surface area contributed by atoms with E-state index in [1.165, 1.54) is 0 Å². The normalized spacial score (nSPS) is 10.1. The molecule has 0 saturated carbocycles. The van der Waals surface area contributed by atoms with E-state index in [0.29, 0.717) is 34.9 Å². The van der Waals surface area contributed by atoms with Crippen LogP contribution in [0.3, 0.4) is 0 Å². The third-order valence-electron chi connectivity index (χ3n) is 3.16. The van der Waals surface area contributed by atoms with Crippen molar-refractivity contribution in [2.24, 2.45) is 0 Å². The maximum absolute atomic E-state index is 11.9. The molecule has 108 valence electrons. The number of halogens is 1. The highest BCUT2D eigenvalue weighted by molar-refractivity contribution is 6.30. The molecule has 4 nitrogen and oxygen atoms in total. The molecule has 0 fully saturated rings. The lowest BCUT2D eigenvalue weighted by Gasteiger charge is -2.05. The molecular weight excluding hydrogens is 288 g/mol. The number of nitrogens with one attached hydrogen (secondary N) is 1. The number of hydrogen-bond acceptors (Lipinski definition) is 3. The van der Waals surface area contributed by atoms with E-state index in [-0.39, 0.29) is 0 Å². The van der Waals surface area contributed by atoms with E-state index >= 15 is 0 Å². The highest BCUT2D eigenvalue weighted by Gasteiger charge is 2.18. The van der Waals surface area contributed by atoms with Crippen molar-refractivity contribution < 1.29 is 9.53 Å². The summed E-state index contributed by atoms with van der Waals surface area (Å²) in [6, 6.07) is 9.62. The first-order valence-corrected chi connectivity index (χ1v) is 7.05. The largest absolute Gasteiger partial charge is 0.461 e. The molecule has 1 N–H and O–H groups in total. The van der Waals surface area contributed by atoms with Gasteiger partial charge in [0.15, 0.2) is 0 Å². The lowest BCUT2D eigenvalue weighted by molar-refractivity contribution is 0.0519. The van der Waals surface area contributed by atoms with E-state index in [4.69, 9.17) is 21.6 Å². The molecule has 2 aromatic rings.